The van der Waals surface area contributed by atoms with Crippen LogP contribution in [0.15, 0.2) is 49.1 Å². The zero-order valence-corrected chi connectivity index (χ0v) is 34.2. The largest absolute Gasteiger partial charge is 0.467 e. The van der Waals surface area contributed by atoms with Gasteiger partial charge >= 0.3 is 5.97 Å². The molecule has 6 rings (SSSR count). The first-order chi connectivity index (χ1) is 25.0. The van der Waals surface area contributed by atoms with Crippen LogP contribution in [0.25, 0.3) is 0 Å². The Balaban J connectivity index is 1.39. The molecule has 292 valence electrons. The lowest BCUT2D eigenvalue weighted by Crippen LogP contribution is -2.65. The van der Waals surface area contributed by atoms with Gasteiger partial charge in [0.25, 0.3) is 10.3 Å². The molecule has 9 atom stereocenters. The van der Waals surface area contributed by atoms with Crippen LogP contribution >= 0.6 is 24.4 Å². The second-order valence-corrected chi connectivity index (χ2v) is 18.5. The zero-order chi connectivity index (χ0) is 39.8. The lowest BCUT2D eigenvalue weighted by Gasteiger charge is -2.64. The predicted octanol–water partition coefficient (Wildman–Crippen LogP) is 5.83. The van der Waals surface area contributed by atoms with E-state index in [1.54, 1.807) is 47.8 Å². The molecule has 0 spiro atoms. The van der Waals surface area contributed by atoms with Gasteiger partial charge in [-0.25, -0.2) is 9.97 Å². The third-order valence-corrected chi connectivity index (χ3v) is 14.4. The summed E-state index contributed by atoms with van der Waals surface area (Å²) in [6.45, 7) is 16.3. The van der Waals surface area contributed by atoms with E-state index in [9.17, 15) is 19.5 Å². The minimum Gasteiger partial charge on any atom is -0.467 e. The first kappa shape index (κ1) is 40.1. The summed E-state index contributed by atoms with van der Waals surface area (Å²) in [7, 11) is 0. The molecule has 1 N–H and O–H groups in total. The Morgan fingerprint density at radius 2 is 1.56 bits per heavy atom. The van der Waals surface area contributed by atoms with Crippen LogP contribution in [0.4, 0.5) is 0 Å². The summed E-state index contributed by atoms with van der Waals surface area (Å²) < 4.78 is 21.3. The normalized spacial score (nSPS) is 34.0. The van der Waals surface area contributed by atoms with Gasteiger partial charge in [-0.15, -0.1) is 0 Å². The maximum atomic E-state index is 15.1. The molecule has 2 heterocycles. The molecule has 2 aromatic rings. The number of nitrogens with zero attached hydrogens (tertiary/aromatic N) is 4. The molecule has 0 unspecified atom stereocenters. The number of fused-ring (bicyclic) bond motifs is 5. The van der Waals surface area contributed by atoms with E-state index in [1.807, 2.05) is 27.7 Å². The van der Waals surface area contributed by atoms with Crippen LogP contribution in [0.3, 0.4) is 0 Å². The number of thiocarbonyl (C=S) groups is 2. The average molecular weight is 781 g/mol. The van der Waals surface area contributed by atoms with Gasteiger partial charge in [0.2, 0.25) is 0 Å². The Kier molecular flexibility index (Phi) is 10.0. The van der Waals surface area contributed by atoms with Gasteiger partial charge in [-0.2, -0.15) is 0 Å². The standard InChI is InChI=1S/C40H52N4O8S2/c1-23(45)52-35(2,3)13-12-29(46)40(9,49)31-27(51-34(54)44-17-15-42-22-44)19-37(6)28-11-10-24-25(39(28,8)30(47)20-38(31,37)7)18-26(32(48)36(24,4)5)50-33(53)43-16-14-41-21-43/h10,14-17,21-22,25-28,31,49H,11-13,18-20H2,1-9H3/t25-,26+,27-,28+,31+,37+,38-,39+,40+/m1/s1. The second kappa shape index (κ2) is 13.5. The van der Waals surface area contributed by atoms with E-state index in [0.29, 0.717) is 12.8 Å². The van der Waals surface area contributed by atoms with Gasteiger partial charge in [-0.05, 0) is 107 Å². The number of carbonyl (C=O) groups excluding carboxylic acids is 4. The molecule has 14 heteroatoms. The molecule has 0 bridgehead atoms. The van der Waals surface area contributed by atoms with Gasteiger partial charge in [0, 0.05) is 61.3 Å². The zero-order valence-electron chi connectivity index (χ0n) is 32.6. The maximum Gasteiger partial charge on any atom is 0.303 e. The van der Waals surface area contributed by atoms with Crippen molar-refractivity contribution in [2.45, 2.75) is 124 Å². The van der Waals surface area contributed by atoms with Crippen LogP contribution in [0.2, 0.25) is 0 Å². The molecule has 0 saturated heterocycles. The summed E-state index contributed by atoms with van der Waals surface area (Å²) in [5.74, 6) is -2.40. The van der Waals surface area contributed by atoms with E-state index in [0.717, 1.165) is 5.57 Å². The summed E-state index contributed by atoms with van der Waals surface area (Å²) in [5.41, 5.74) is -5.34. The van der Waals surface area contributed by atoms with Crippen molar-refractivity contribution in [1.29, 1.82) is 0 Å². The smallest absolute Gasteiger partial charge is 0.303 e. The van der Waals surface area contributed by atoms with Crippen LogP contribution in [-0.4, -0.2) is 81.3 Å². The van der Waals surface area contributed by atoms with E-state index < -0.39 is 62.7 Å². The number of ether oxygens (including phenoxy) is 3. The number of allylic oxidation sites excluding steroid dienone is 2. The monoisotopic (exact) mass is 780 g/mol. The summed E-state index contributed by atoms with van der Waals surface area (Å²) in [4.78, 5) is 63.3. The van der Waals surface area contributed by atoms with Gasteiger partial charge in [0.1, 0.15) is 35.7 Å². The number of esters is 1. The fourth-order valence-corrected chi connectivity index (χ4v) is 11.4. The second-order valence-electron chi connectivity index (χ2n) is 17.8. The molecule has 3 fully saturated rings. The first-order valence-corrected chi connectivity index (χ1v) is 19.4. The number of ketones is 3. The van der Waals surface area contributed by atoms with Gasteiger partial charge in [0.05, 0.1) is 0 Å². The Hall–Kier alpha value is -3.62. The van der Waals surface area contributed by atoms with Crippen LogP contribution in [-0.2, 0) is 33.4 Å². The molecule has 0 aliphatic heterocycles. The lowest BCUT2D eigenvalue weighted by atomic mass is 9.38. The fourth-order valence-electron chi connectivity index (χ4n) is 10.9. The Morgan fingerprint density at radius 1 is 0.963 bits per heavy atom. The van der Waals surface area contributed by atoms with E-state index in [2.05, 4.69) is 23.0 Å². The highest BCUT2D eigenvalue weighted by Gasteiger charge is 2.75. The van der Waals surface area contributed by atoms with Gasteiger partial charge in [0.15, 0.2) is 17.7 Å². The van der Waals surface area contributed by atoms with Gasteiger partial charge in [-0.3, -0.25) is 28.3 Å². The van der Waals surface area contributed by atoms with E-state index in [1.165, 1.54) is 26.5 Å². The van der Waals surface area contributed by atoms with Crippen LogP contribution < -0.4 is 0 Å². The van der Waals surface area contributed by atoms with Crippen molar-refractivity contribution in [2.75, 3.05) is 0 Å². The Morgan fingerprint density at radius 3 is 2.11 bits per heavy atom. The number of aromatic nitrogens is 4. The predicted molar refractivity (Wildman–Crippen MR) is 206 cm³/mol. The molecule has 4 aliphatic rings. The van der Waals surface area contributed by atoms with Crippen molar-refractivity contribution in [3.05, 3.63) is 49.1 Å². The van der Waals surface area contributed by atoms with Crippen LogP contribution in [0, 0.1) is 39.4 Å². The number of aliphatic hydroxyl groups is 1. The average Bonchev–Trinajstić information content (AvgIpc) is 3.84. The molecule has 2 aromatic heterocycles. The first-order valence-electron chi connectivity index (χ1n) is 18.6. The quantitative estimate of drug-likeness (QED) is 0.195. The Labute approximate surface area is 327 Å². The molecule has 54 heavy (non-hydrogen) atoms. The summed E-state index contributed by atoms with van der Waals surface area (Å²) >= 11 is 11.3. The number of hydrogen-bond acceptors (Lipinski definition) is 12. The molecule has 12 nitrogen and oxygen atoms in total. The van der Waals surface area contributed by atoms with Crippen molar-refractivity contribution in [1.82, 2.24) is 19.1 Å². The van der Waals surface area contributed by atoms with Crippen molar-refractivity contribution in [3.8, 4) is 0 Å². The fraction of sp³-hybridized carbons (Fsp3) is 0.650. The van der Waals surface area contributed by atoms with Gasteiger partial charge < -0.3 is 19.3 Å². The molecule has 0 amide bonds. The number of carbonyl (C=O) groups is 4. The molecule has 0 radical (unpaired) electrons. The highest BCUT2D eigenvalue weighted by molar-refractivity contribution is 7.80. The van der Waals surface area contributed by atoms with Gasteiger partial charge in [-0.1, -0.05) is 32.4 Å². The minimum absolute atomic E-state index is 0.00577. The summed E-state index contributed by atoms with van der Waals surface area (Å²) in [6.07, 6.45) is 11.4. The maximum absolute atomic E-state index is 15.1. The summed E-state index contributed by atoms with van der Waals surface area (Å²) in [5, 5.41) is 12.8. The number of rotatable bonds is 8. The topological polar surface area (TPSA) is 152 Å². The van der Waals surface area contributed by atoms with E-state index >= 15 is 4.79 Å². The van der Waals surface area contributed by atoms with Crippen molar-refractivity contribution in [3.63, 3.8) is 0 Å². The summed E-state index contributed by atoms with van der Waals surface area (Å²) in [6, 6.07) is 0. The molecule has 3 saturated carbocycles. The molecular weight excluding hydrogens is 729 g/mol. The Bertz CT molecular complexity index is 1900. The van der Waals surface area contributed by atoms with Crippen molar-refractivity contribution >= 4 is 58.1 Å². The third kappa shape index (κ3) is 6.29. The van der Waals surface area contributed by atoms with Crippen LogP contribution in [0.5, 0.6) is 0 Å². The molecule has 4 aliphatic carbocycles. The van der Waals surface area contributed by atoms with E-state index in [4.69, 9.17) is 38.6 Å². The van der Waals surface area contributed by atoms with Crippen molar-refractivity contribution in [2.24, 2.45) is 39.4 Å². The van der Waals surface area contributed by atoms with Crippen molar-refractivity contribution < 1.29 is 38.5 Å². The number of hydrogen-bond donors (Lipinski definition) is 1. The molecule has 0 aromatic carbocycles. The third-order valence-electron chi connectivity index (χ3n) is 13.8. The van der Waals surface area contributed by atoms with E-state index in [-0.39, 0.29) is 59.4 Å². The highest BCUT2D eigenvalue weighted by atomic mass is 32.1. The SMILES string of the molecule is CC(=O)OC(C)(C)CCC(=O)[C@](C)(O)[C@H]1[C@H](OC(=S)n2ccnc2)C[C@@]2(C)[C@@H]3CC=C4[C@@H](C[C@H](OC(=S)n5ccnc5)C(=O)C4(C)C)[C@]3(C)C(=O)C[C@]12C. The van der Waals surface area contributed by atoms with Crippen LogP contribution in [0.1, 0.15) is 101 Å². The molecular formula is C40H52N4O8S2. The number of Topliss-reactive ketones (excluding diaryl/α,β-unsaturated/α-hetero) is 3. The minimum atomic E-state index is -1.95. The number of imidazole rings is 2. The highest BCUT2D eigenvalue weighted by Crippen LogP contribution is 2.74. The lowest BCUT2D eigenvalue weighted by molar-refractivity contribution is -0.185.